The molecule has 0 bridgehead atoms. The van der Waals surface area contributed by atoms with Gasteiger partial charge in [0.25, 0.3) is 5.56 Å². The van der Waals surface area contributed by atoms with Crippen LogP contribution in [-0.2, 0) is 22.7 Å². The lowest BCUT2D eigenvalue weighted by Gasteiger charge is -2.08. The lowest BCUT2D eigenvalue weighted by molar-refractivity contribution is 0.481. The first-order valence-electron chi connectivity index (χ1n) is 6.09. The second-order valence-corrected chi connectivity index (χ2v) is 7.24. The van der Waals surface area contributed by atoms with Crippen LogP contribution >= 0.6 is 0 Å². The summed E-state index contributed by atoms with van der Waals surface area (Å²) in [6.07, 6.45) is 4.47. The predicted molar refractivity (Wildman–Crippen MR) is 64.0 cm³/mol. The van der Waals surface area contributed by atoms with Crippen LogP contribution in [0.15, 0.2) is 4.79 Å². The van der Waals surface area contributed by atoms with Gasteiger partial charge in [-0.25, -0.2) is 13.1 Å². The van der Waals surface area contributed by atoms with E-state index in [2.05, 4.69) is 5.10 Å². The average molecular weight is 256 g/mol. The normalized spacial score (nSPS) is 26.9. The van der Waals surface area contributed by atoms with E-state index in [-0.39, 0.29) is 23.1 Å². The molecule has 6 heteroatoms. The van der Waals surface area contributed by atoms with Crippen LogP contribution in [0.3, 0.4) is 0 Å². The van der Waals surface area contributed by atoms with Crippen LogP contribution in [0.25, 0.3) is 0 Å². The summed E-state index contributed by atoms with van der Waals surface area (Å²) in [4.78, 5) is 12.1. The molecule has 0 aromatic carbocycles. The van der Waals surface area contributed by atoms with Crippen LogP contribution in [0.4, 0.5) is 0 Å². The Balaban J connectivity index is 1.99. The van der Waals surface area contributed by atoms with Gasteiger partial charge in [-0.3, -0.25) is 9.89 Å². The van der Waals surface area contributed by atoms with Crippen molar-refractivity contribution in [1.82, 2.24) is 9.78 Å². The molecule has 0 saturated carbocycles. The Hall–Kier alpha value is -1.04. The molecule has 1 N–H and O–H groups in total. The number of hydrogen-bond acceptors (Lipinski definition) is 3. The highest BCUT2D eigenvalue weighted by Crippen LogP contribution is 2.24. The summed E-state index contributed by atoms with van der Waals surface area (Å²) in [7, 11) is -2.94. The van der Waals surface area contributed by atoms with Crippen molar-refractivity contribution in [3.8, 4) is 0 Å². The van der Waals surface area contributed by atoms with Gasteiger partial charge in [-0.15, -0.1) is 0 Å². The van der Waals surface area contributed by atoms with E-state index in [0.29, 0.717) is 6.42 Å². The van der Waals surface area contributed by atoms with Crippen LogP contribution < -0.4 is 5.56 Å². The summed E-state index contributed by atoms with van der Waals surface area (Å²) in [6.45, 7) is 0. The third-order valence-electron chi connectivity index (χ3n) is 3.77. The quantitative estimate of drug-likeness (QED) is 0.791. The van der Waals surface area contributed by atoms with E-state index in [1.165, 1.54) is 0 Å². The number of rotatable bonds is 1. The molecule has 5 nitrogen and oxygen atoms in total. The average Bonchev–Trinajstić information content (AvgIpc) is 2.81. The van der Waals surface area contributed by atoms with Crippen molar-refractivity contribution < 1.29 is 8.42 Å². The summed E-state index contributed by atoms with van der Waals surface area (Å²) in [5.74, 6) is 0.306. The molecule has 1 fully saturated rings. The molecule has 0 radical (unpaired) electrons. The SMILES string of the molecule is O=c1c2c([nH]n1C1CCS(=O)(=O)C1)CCCC2. The Labute approximate surface area is 99.7 Å². The Morgan fingerprint density at radius 1 is 1.24 bits per heavy atom. The number of aromatic nitrogens is 2. The van der Waals surface area contributed by atoms with Gasteiger partial charge in [-0.1, -0.05) is 0 Å². The maximum Gasteiger partial charge on any atom is 0.270 e. The van der Waals surface area contributed by atoms with Crippen molar-refractivity contribution in [2.45, 2.75) is 38.1 Å². The van der Waals surface area contributed by atoms with E-state index in [4.69, 9.17) is 0 Å². The standard InChI is InChI=1S/C11H16N2O3S/c14-11-9-3-1-2-4-10(9)12-13(11)8-5-6-17(15,16)7-8/h8,12H,1-7H2. The monoisotopic (exact) mass is 256 g/mol. The van der Waals surface area contributed by atoms with Gasteiger partial charge >= 0.3 is 0 Å². The number of aromatic amines is 1. The molecule has 1 aliphatic heterocycles. The molecule has 0 amide bonds. The Morgan fingerprint density at radius 2 is 2.00 bits per heavy atom. The maximum atomic E-state index is 12.1. The summed E-state index contributed by atoms with van der Waals surface area (Å²) in [5, 5.41) is 3.12. The van der Waals surface area contributed by atoms with E-state index in [1.54, 1.807) is 4.68 Å². The summed E-state index contributed by atoms with van der Waals surface area (Å²) in [5.41, 5.74) is 1.90. The molecule has 1 aliphatic carbocycles. The first-order chi connectivity index (χ1) is 8.07. The molecule has 2 aliphatic rings. The summed E-state index contributed by atoms with van der Waals surface area (Å²) >= 11 is 0. The zero-order chi connectivity index (χ0) is 12.0. The topological polar surface area (TPSA) is 71.9 Å². The molecule has 1 atom stereocenters. The number of H-pyrrole nitrogens is 1. The van der Waals surface area contributed by atoms with Crippen LogP contribution in [0.5, 0.6) is 0 Å². The fourth-order valence-electron chi connectivity index (χ4n) is 2.84. The van der Waals surface area contributed by atoms with E-state index < -0.39 is 9.84 Å². The third-order valence-corrected chi connectivity index (χ3v) is 5.52. The van der Waals surface area contributed by atoms with Crippen LogP contribution in [0.1, 0.15) is 36.6 Å². The van der Waals surface area contributed by atoms with Crippen LogP contribution in [-0.4, -0.2) is 29.7 Å². The fourth-order valence-corrected chi connectivity index (χ4v) is 4.54. The molecule has 1 saturated heterocycles. The van der Waals surface area contributed by atoms with Gasteiger partial charge in [0.1, 0.15) is 0 Å². The molecule has 1 aromatic rings. The minimum atomic E-state index is -2.94. The highest BCUT2D eigenvalue weighted by molar-refractivity contribution is 7.91. The molecule has 1 aromatic heterocycles. The van der Waals surface area contributed by atoms with Gasteiger partial charge in [0, 0.05) is 11.3 Å². The number of fused-ring (bicyclic) bond motifs is 1. The minimum Gasteiger partial charge on any atom is -0.299 e. The molecule has 94 valence electrons. The highest BCUT2D eigenvalue weighted by atomic mass is 32.2. The van der Waals surface area contributed by atoms with Gasteiger partial charge in [-0.2, -0.15) is 0 Å². The van der Waals surface area contributed by atoms with Gasteiger partial charge in [0.15, 0.2) is 9.84 Å². The van der Waals surface area contributed by atoms with Crippen LogP contribution in [0, 0.1) is 0 Å². The third kappa shape index (κ3) is 1.84. The van der Waals surface area contributed by atoms with E-state index in [0.717, 1.165) is 36.9 Å². The number of sulfone groups is 1. The molecule has 1 unspecified atom stereocenters. The van der Waals surface area contributed by atoms with Gasteiger partial charge in [0.05, 0.1) is 17.5 Å². The van der Waals surface area contributed by atoms with E-state index >= 15 is 0 Å². The second-order valence-electron chi connectivity index (χ2n) is 5.01. The van der Waals surface area contributed by atoms with Gasteiger partial charge in [-0.05, 0) is 32.1 Å². The largest absolute Gasteiger partial charge is 0.299 e. The first-order valence-corrected chi connectivity index (χ1v) is 7.92. The molecule has 2 heterocycles. The Kier molecular flexibility index (Phi) is 2.43. The smallest absolute Gasteiger partial charge is 0.270 e. The number of aryl methyl sites for hydroxylation is 1. The summed E-state index contributed by atoms with van der Waals surface area (Å²) < 4.78 is 24.4. The number of hydrogen-bond donors (Lipinski definition) is 1. The zero-order valence-corrected chi connectivity index (χ0v) is 10.4. The molecule has 17 heavy (non-hydrogen) atoms. The number of nitrogens with one attached hydrogen (secondary N) is 1. The molecule has 0 spiro atoms. The minimum absolute atomic E-state index is 0.00167. The van der Waals surface area contributed by atoms with Crippen molar-refractivity contribution in [3.63, 3.8) is 0 Å². The van der Waals surface area contributed by atoms with Crippen LogP contribution in [0.2, 0.25) is 0 Å². The zero-order valence-electron chi connectivity index (χ0n) is 9.61. The van der Waals surface area contributed by atoms with Crippen molar-refractivity contribution >= 4 is 9.84 Å². The van der Waals surface area contributed by atoms with E-state index in [1.807, 2.05) is 0 Å². The van der Waals surface area contributed by atoms with Gasteiger partial charge < -0.3 is 0 Å². The maximum absolute atomic E-state index is 12.1. The molecular weight excluding hydrogens is 240 g/mol. The Bertz CT molecular complexity index is 597. The molecular formula is C11H16N2O3S. The second kappa shape index (κ2) is 3.73. The first kappa shape index (κ1) is 11.1. The van der Waals surface area contributed by atoms with E-state index in [9.17, 15) is 13.2 Å². The Morgan fingerprint density at radius 3 is 2.65 bits per heavy atom. The van der Waals surface area contributed by atoms with Crippen molar-refractivity contribution in [1.29, 1.82) is 0 Å². The van der Waals surface area contributed by atoms with Gasteiger partial charge in [0.2, 0.25) is 0 Å². The van der Waals surface area contributed by atoms with Crippen molar-refractivity contribution in [3.05, 3.63) is 21.6 Å². The summed E-state index contributed by atoms with van der Waals surface area (Å²) in [6, 6.07) is -0.182. The lowest BCUT2D eigenvalue weighted by Crippen LogP contribution is -2.25. The van der Waals surface area contributed by atoms with Crippen molar-refractivity contribution in [2.75, 3.05) is 11.5 Å². The molecule has 3 rings (SSSR count). The van der Waals surface area contributed by atoms with Crippen molar-refractivity contribution in [2.24, 2.45) is 0 Å². The lowest BCUT2D eigenvalue weighted by atomic mass is 9.98. The number of nitrogens with zero attached hydrogens (tertiary/aromatic N) is 1. The highest BCUT2D eigenvalue weighted by Gasteiger charge is 2.32. The predicted octanol–water partition coefficient (Wildman–Crippen LogP) is 0.415. The fraction of sp³-hybridized carbons (Fsp3) is 0.727.